The predicted molar refractivity (Wildman–Crippen MR) is 53.2 cm³/mol. The third-order valence-electron chi connectivity index (χ3n) is 2.41. The first-order valence-corrected chi connectivity index (χ1v) is 5.93. The van der Waals surface area contributed by atoms with Crippen LogP contribution in [0.2, 0.25) is 0 Å². The third-order valence-corrected chi connectivity index (χ3v) is 3.58. The van der Waals surface area contributed by atoms with Gasteiger partial charge in [-0.25, -0.2) is 0 Å². The highest BCUT2D eigenvalue weighted by molar-refractivity contribution is 7.99. The highest BCUT2D eigenvalue weighted by atomic mass is 32.2. The molecule has 1 saturated carbocycles. The second-order valence-corrected chi connectivity index (χ2v) is 4.34. The molecule has 2 heteroatoms. The summed E-state index contributed by atoms with van der Waals surface area (Å²) in [5, 5.41) is 4.50. The first kappa shape index (κ1) is 9.40. The fourth-order valence-electron chi connectivity index (χ4n) is 1.77. The zero-order valence-electron chi connectivity index (χ0n) is 7.60. The van der Waals surface area contributed by atoms with Crippen LogP contribution in [0, 0.1) is 0 Å². The molecule has 0 bridgehead atoms. The van der Waals surface area contributed by atoms with Gasteiger partial charge >= 0.3 is 0 Å². The molecule has 11 heavy (non-hydrogen) atoms. The molecule has 1 rings (SSSR count). The van der Waals surface area contributed by atoms with Gasteiger partial charge in [0, 0.05) is 11.3 Å². The van der Waals surface area contributed by atoms with Crippen molar-refractivity contribution in [2.45, 2.75) is 43.9 Å². The van der Waals surface area contributed by atoms with Crippen LogP contribution < -0.4 is 5.32 Å². The number of rotatable bonds is 4. The zero-order chi connectivity index (χ0) is 8.10. The fourth-order valence-corrected chi connectivity index (χ4v) is 2.73. The van der Waals surface area contributed by atoms with Crippen molar-refractivity contribution in [3.63, 3.8) is 0 Å². The monoisotopic (exact) mass is 173 g/mol. The lowest BCUT2D eigenvalue weighted by atomic mass is 10.2. The van der Waals surface area contributed by atoms with Gasteiger partial charge in [0.05, 0.1) is 0 Å². The molecule has 2 atom stereocenters. The van der Waals surface area contributed by atoms with Crippen molar-refractivity contribution in [3.05, 3.63) is 0 Å². The number of hydrogen-bond acceptors (Lipinski definition) is 2. The Morgan fingerprint density at radius 2 is 2.27 bits per heavy atom. The maximum absolute atomic E-state index is 3.61. The Balaban J connectivity index is 2.20. The largest absolute Gasteiger partial charge is 0.313 e. The average molecular weight is 173 g/mol. The highest BCUT2D eigenvalue weighted by Gasteiger charge is 2.25. The van der Waals surface area contributed by atoms with E-state index in [0.717, 1.165) is 11.3 Å². The molecule has 0 aromatic heterocycles. The topological polar surface area (TPSA) is 12.0 Å². The van der Waals surface area contributed by atoms with E-state index in [1.807, 2.05) is 11.8 Å². The maximum Gasteiger partial charge on any atom is 0.0198 e. The molecule has 1 nitrogen and oxygen atoms in total. The molecular formula is C9H19NS. The minimum atomic E-state index is 0.810. The number of nitrogens with one attached hydrogen (secondary N) is 1. The maximum atomic E-state index is 3.61. The van der Waals surface area contributed by atoms with Crippen molar-refractivity contribution in [1.29, 1.82) is 0 Å². The Morgan fingerprint density at radius 1 is 1.45 bits per heavy atom. The Labute approximate surface area is 74.3 Å². The lowest BCUT2D eigenvalue weighted by Crippen LogP contribution is -2.34. The normalized spacial score (nSPS) is 31.1. The van der Waals surface area contributed by atoms with E-state index in [1.165, 1.54) is 32.2 Å². The summed E-state index contributed by atoms with van der Waals surface area (Å²) in [7, 11) is 0. The summed E-state index contributed by atoms with van der Waals surface area (Å²) in [4.78, 5) is 0. The van der Waals surface area contributed by atoms with Crippen LogP contribution >= 0.6 is 11.8 Å². The molecule has 0 radical (unpaired) electrons. The molecule has 66 valence electrons. The van der Waals surface area contributed by atoms with E-state index >= 15 is 0 Å². The Morgan fingerprint density at radius 3 is 2.91 bits per heavy atom. The van der Waals surface area contributed by atoms with E-state index in [4.69, 9.17) is 0 Å². The second kappa shape index (κ2) is 5.04. The van der Waals surface area contributed by atoms with E-state index in [0.29, 0.717) is 0 Å². The summed E-state index contributed by atoms with van der Waals surface area (Å²) in [6.45, 7) is 3.43. The van der Waals surface area contributed by atoms with Gasteiger partial charge in [0.25, 0.3) is 0 Å². The quantitative estimate of drug-likeness (QED) is 0.700. The van der Waals surface area contributed by atoms with Crippen LogP contribution in [0.5, 0.6) is 0 Å². The molecule has 1 fully saturated rings. The molecule has 2 unspecified atom stereocenters. The van der Waals surface area contributed by atoms with Crippen LogP contribution in [0.25, 0.3) is 0 Å². The van der Waals surface area contributed by atoms with Gasteiger partial charge in [-0.3, -0.25) is 0 Å². The first-order valence-electron chi connectivity index (χ1n) is 4.64. The second-order valence-electron chi connectivity index (χ2n) is 3.27. The van der Waals surface area contributed by atoms with E-state index in [2.05, 4.69) is 18.5 Å². The van der Waals surface area contributed by atoms with Crippen molar-refractivity contribution in [2.75, 3.05) is 12.8 Å². The molecular weight excluding hydrogens is 154 g/mol. The predicted octanol–water partition coefficient (Wildman–Crippen LogP) is 2.27. The molecule has 0 heterocycles. The Kier molecular flexibility index (Phi) is 4.31. The van der Waals surface area contributed by atoms with Crippen LogP contribution in [0.3, 0.4) is 0 Å². The summed E-state index contributed by atoms with van der Waals surface area (Å²) in [5.41, 5.74) is 0. The molecule has 1 aliphatic carbocycles. The summed E-state index contributed by atoms with van der Waals surface area (Å²) >= 11 is 2.03. The van der Waals surface area contributed by atoms with E-state index in [9.17, 15) is 0 Å². The van der Waals surface area contributed by atoms with Crippen molar-refractivity contribution in [1.82, 2.24) is 5.32 Å². The molecule has 0 spiro atoms. The average Bonchev–Trinajstić information content (AvgIpc) is 2.47. The highest BCUT2D eigenvalue weighted by Crippen LogP contribution is 2.28. The summed E-state index contributed by atoms with van der Waals surface area (Å²) in [6.07, 6.45) is 7.73. The van der Waals surface area contributed by atoms with Gasteiger partial charge in [-0.05, 0) is 32.1 Å². The molecule has 0 aromatic rings. The van der Waals surface area contributed by atoms with Gasteiger partial charge in [-0.2, -0.15) is 11.8 Å². The van der Waals surface area contributed by atoms with Gasteiger partial charge in [-0.15, -0.1) is 0 Å². The zero-order valence-corrected chi connectivity index (χ0v) is 8.41. The molecule has 0 aliphatic heterocycles. The molecule has 0 amide bonds. The minimum absolute atomic E-state index is 0.810. The van der Waals surface area contributed by atoms with Crippen LogP contribution in [-0.2, 0) is 0 Å². The van der Waals surface area contributed by atoms with E-state index in [-0.39, 0.29) is 0 Å². The van der Waals surface area contributed by atoms with E-state index in [1.54, 1.807) is 0 Å². The smallest absolute Gasteiger partial charge is 0.0198 e. The Hall–Kier alpha value is 0.310. The van der Waals surface area contributed by atoms with Crippen molar-refractivity contribution >= 4 is 11.8 Å². The number of thioether (sulfide) groups is 1. The van der Waals surface area contributed by atoms with Gasteiger partial charge in [0.15, 0.2) is 0 Å². The van der Waals surface area contributed by atoms with Gasteiger partial charge in [-0.1, -0.05) is 13.3 Å². The lowest BCUT2D eigenvalue weighted by Gasteiger charge is -2.18. The van der Waals surface area contributed by atoms with Gasteiger partial charge < -0.3 is 5.32 Å². The SMILES string of the molecule is CCCNC1CCCC1SC. The van der Waals surface area contributed by atoms with Gasteiger partial charge in [0.2, 0.25) is 0 Å². The lowest BCUT2D eigenvalue weighted by molar-refractivity contribution is 0.531. The first-order chi connectivity index (χ1) is 5.38. The molecule has 1 N–H and O–H groups in total. The summed E-state index contributed by atoms with van der Waals surface area (Å²) < 4.78 is 0. The fraction of sp³-hybridized carbons (Fsp3) is 1.00. The van der Waals surface area contributed by atoms with Crippen LogP contribution in [0.1, 0.15) is 32.6 Å². The van der Waals surface area contributed by atoms with Gasteiger partial charge in [0.1, 0.15) is 0 Å². The van der Waals surface area contributed by atoms with E-state index < -0.39 is 0 Å². The minimum Gasteiger partial charge on any atom is -0.313 e. The van der Waals surface area contributed by atoms with Crippen molar-refractivity contribution < 1.29 is 0 Å². The number of hydrogen-bond donors (Lipinski definition) is 1. The molecule has 0 aromatic carbocycles. The van der Waals surface area contributed by atoms with Crippen molar-refractivity contribution in [2.24, 2.45) is 0 Å². The van der Waals surface area contributed by atoms with Crippen molar-refractivity contribution in [3.8, 4) is 0 Å². The molecule has 0 saturated heterocycles. The summed E-state index contributed by atoms with van der Waals surface area (Å²) in [5.74, 6) is 0. The van der Waals surface area contributed by atoms with Crippen LogP contribution in [-0.4, -0.2) is 24.1 Å². The van der Waals surface area contributed by atoms with Crippen LogP contribution in [0.15, 0.2) is 0 Å². The van der Waals surface area contributed by atoms with Crippen LogP contribution in [0.4, 0.5) is 0 Å². The standard InChI is InChI=1S/C9H19NS/c1-3-7-10-8-5-4-6-9(8)11-2/h8-10H,3-7H2,1-2H3. The molecule has 1 aliphatic rings. The Bertz CT molecular complexity index is 106. The summed E-state index contributed by atoms with van der Waals surface area (Å²) in [6, 6.07) is 0.810. The third kappa shape index (κ3) is 2.68.